The maximum atomic E-state index is 12.2. The first-order valence-corrected chi connectivity index (χ1v) is 9.93. The summed E-state index contributed by atoms with van der Waals surface area (Å²) in [5, 5.41) is 9.02. The molecule has 0 aliphatic rings. The van der Waals surface area contributed by atoms with E-state index >= 15 is 0 Å². The summed E-state index contributed by atoms with van der Waals surface area (Å²) in [7, 11) is 0. The highest BCUT2D eigenvalue weighted by molar-refractivity contribution is 6.30. The van der Waals surface area contributed by atoms with Crippen LogP contribution in [0.4, 0.5) is 5.69 Å². The van der Waals surface area contributed by atoms with Crippen LogP contribution in [0.25, 0.3) is 0 Å². The van der Waals surface area contributed by atoms with Gasteiger partial charge in [0, 0.05) is 30.0 Å². The number of carbonyl (C=O) groups excluding carboxylic acids is 1. The van der Waals surface area contributed by atoms with Gasteiger partial charge in [-0.15, -0.1) is 0 Å². The van der Waals surface area contributed by atoms with Crippen LogP contribution in [-0.2, 0) is 6.54 Å². The van der Waals surface area contributed by atoms with E-state index in [1.807, 2.05) is 36.4 Å². The van der Waals surface area contributed by atoms with E-state index in [9.17, 15) is 4.79 Å². The minimum atomic E-state index is -0.351. The lowest BCUT2D eigenvalue weighted by Gasteiger charge is -2.20. The zero-order valence-electron chi connectivity index (χ0n) is 16.5. The van der Waals surface area contributed by atoms with Crippen molar-refractivity contribution >= 4 is 29.4 Å². The average Bonchev–Trinajstić information content (AvgIpc) is 3.20. The number of hydrogen-bond acceptors (Lipinski definition) is 4. The number of hydrogen-bond donors (Lipinski definition) is 1. The van der Waals surface area contributed by atoms with Gasteiger partial charge in [0.25, 0.3) is 5.91 Å². The highest BCUT2D eigenvalue weighted by Gasteiger charge is 2.08. The second-order valence-electron chi connectivity index (χ2n) is 6.49. The Kier molecular flexibility index (Phi) is 7.03. The van der Waals surface area contributed by atoms with Crippen molar-refractivity contribution in [3.63, 3.8) is 0 Å². The predicted molar refractivity (Wildman–Crippen MR) is 118 cm³/mol. The standard InChI is InChI=1S/C22H24ClN5O/c1-3-27(4-2)20-11-7-17(8-12-20)15-24-25-22(29)21-13-14-28(26-21)16-18-5-9-19(23)10-6-18/h5-15H,3-4,16H2,1-2H3,(H,25,29)/b24-15+. The highest BCUT2D eigenvalue weighted by Crippen LogP contribution is 2.14. The summed E-state index contributed by atoms with van der Waals surface area (Å²) in [6.45, 7) is 6.75. The predicted octanol–water partition coefficient (Wildman–Crippen LogP) is 4.19. The number of halogens is 1. The molecule has 0 fully saturated rings. The van der Waals surface area contributed by atoms with Crippen LogP contribution in [0, 0.1) is 0 Å². The lowest BCUT2D eigenvalue weighted by atomic mass is 10.2. The van der Waals surface area contributed by atoms with Crippen molar-refractivity contribution in [1.29, 1.82) is 0 Å². The zero-order valence-corrected chi connectivity index (χ0v) is 17.3. The van der Waals surface area contributed by atoms with Crippen molar-refractivity contribution in [3.8, 4) is 0 Å². The largest absolute Gasteiger partial charge is 0.372 e. The molecule has 2 aromatic carbocycles. The van der Waals surface area contributed by atoms with E-state index < -0.39 is 0 Å². The Labute approximate surface area is 175 Å². The molecule has 1 heterocycles. The van der Waals surface area contributed by atoms with Crippen molar-refractivity contribution in [2.45, 2.75) is 20.4 Å². The highest BCUT2D eigenvalue weighted by atomic mass is 35.5. The number of carbonyl (C=O) groups is 1. The molecule has 3 aromatic rings. The fraction of sp³-hybridized carbons (Fsp3) is 0.227. The quantitative estimate of drug-likeness (QED) is 0.448. The third kappa shape index (κ3) is 5.68. The van der Waals surface area contributed by atoms with Crippen molar-refractivity contribution < 1.29 is 4.79 Å². The van der Waals surface area contributed by atoms with E-state index in [-0.39, 0.29) is 5.91 Å². The minimum Gasteiger partial charge on any atom is -0.372 e. The molecule has 0 saturated heterocycles. The van der Waals surface area contributed by atoms with E-state index in [0.717, 1.165) is 24.2 Å². The summed E-state index contributed by atoms with van der Waals surface area (Å²) in [4.78, 5) is 14.5. The first-order valence-electron chi connectivity index (χ1n) is 9.55. The molecule has 150 valence electrons. The SMILES string of the molecule is CCN(CC)c1ccc(/C=N/NC(=O)c2ccn(Cc3ccc(Cl)cc3)n2)cc1. The van der Waals surface area contributed by atoms with Crippen molar-refractivity contribution in [2.75, 3.05) is 18.0 Å². The van der Waals surface area contributed by atoms with Gasteiger partial charge < -0.3 is 4.90 Å². The molecule has 1 N–H and O–H groups in total. The van der Waals surface area contributed by atoms with Crippen LogP contribution >= 0.6 is 11.6 Å². The van der Waals surface area contributed by atoms with Crippen molar-refractivity contribution in [2.24, 2.45) is 5.10 Å². The van der Waals surface area contributed by atoms with E-state index in [0.29, 0.717) is 17.3 Å². The fourth-order valence-electron chi connectivity index (χ4n) is 2.93. The molecule has 0 spiro atoms. The number of nitrogens with zero attached hydrogens (tertiary/aromatic N) is 4. The lowest BCUT2D eigenvalue weighted by molar-refractivity contribution is 0.0949. The van der Waals surface area contributed by atoms with Crippen LogP contribution in [0.5, 0.6) is 0 Å². The smallest absolute Gasteiger partial charge is 0.291 e. The summed E-state index contributed by atoms with van der Waals surface area (Å²) in [6.07, 6.45) is 3.38. The average molecular weight is 410 g/mol. The number of anilines is 1. The summed E-state index contributed by atoms with van der Waals surface area (Å²) in [6, 6.07) is 17.2. The number of rotatable bonds is 8. The van der Waals surface area contributed by atoms with Crippen molar-refractivity contribution in [1.82, 2.24) is 15.2 Å². The zero-order chi connectivity index (χ0) is 20.6. The molecule has 6 nitrogen and oxygen atoms in total. The van der Waals surface area contributed by atoms with Gasteiger partial charge in [-0.1, -0.05) is 35.9 Å². The monoisotopic (exact) mass is 409 g/mol. The molecule has 0 aliphatic carbocycles. The summed E-state index contributed by atoms with van der Waals surface area (Å²) in [5.74, 6) is -0.351. The maximum absolute atomic E-state index is 12.2. The van der Waals surface area contributed by atoms with Crippen LogP contribution in [0.3, 0.4) is 0 Å². The molecule has 0 bridgehead atoms. The molecule has 3 rings (SSSR count). The molecule has 0 unspecified atom stereocenters. The van der Waals surface area contributed by atoms with Gasteiger partial charge in [-0.25, -0.2) is 5.43 Å². The minimum absolute atomic E-state index is 0.313. The summed E-state index contributed by atoms with van der Waals surface area (Å²) >= 11 is 5.90. The van der Waals surface area contributed by atoms with Crippen LogP contribution in [-0.4, -0.2) is 35.0 Å². The molecular weight excluding hydrogens is 386 g/mol. The molecule has 0 atom stereocenters. The van der Waals surface area contributed by atoms with Crippen LogP contribution in [0.2, 0.25) is 5.02 Å². The Morgan fingerprint density at radius 3 is 2.45 bits per heavy atom. The Bertz CT molecular complexity index is 960. The first-order chi connectivity index (χ1) is 14.1. The number of hydrazone groups is 1. The third-order valence-corrected chi connectivity index (χ3v) is 4.78. The van der Waals surface area contributed by atoms with E-state index in [1.165, 1.54) is 5.69 Å². The summed E-state index contributed by atoms with van der Waals surface area (Å²) < 4.78 is 1.70. The van der Waals surface area contributed by atoms with Gasteiger partial charge in [0.15, 0.2) is 5.69 Å². The van der Waals surface area contributed by atoms with Gasteiger partial charge in [0.1, 0.15) is 0 Å². The molecule has 7 heteroatoms. The van der Waals surface area contributed by atoms with Crippen LogP contribution < -0.4 is 10.3 Å². The molecular formula is C22H24ClN5O. The topological polar surface area (TPSA) is 62.5 Å². The first kappa shape index (κ1) is 20.6. The normalized spacial score (nSPS) is 11.0. The van der Waals surface area contributed by atoms with Gasteiger partial charge in [-0.3, -0.25) is 9.48 Å². The molecule has 29 heavy (non-hydrogen) atoms. The number of nitrogens with one attached hydrogen (secondary N) is 1. The van der Waals surface area contributed by atoms with Gasteiger partial charge in [0.05, 0.1) is 12.8 Å². The Balaban J connectivity index is 1.55. The lowest BCUT2D eigenvalue weighted by Crippen LogP contribution is -2.21. The van der Waals surface area contributed by atoms with E-state index in [2.05, 4.69) is 46.5 Å². The molecule has 0 saturated carbocycles. The van der Waals surface area contributed by atoms with Crippen LogP contribution in [0.15, 0.2) is 65.9 Å². The van der Waals surface area contributed by atoms with Gasteiger partial charge in [-0.05, 0) is 55.3 Å². The maximum Gasteiger partial charge on any atom is 0.291 e. The van der Waals surface area contributed by atoms with Gasteiger partial charge in [-0.2, -0.15) is 10.2 Å². The van der Waals surface area contributed by atoms with Gasteiger partial charge in [0.2, 0.25) is 0 Å². The third-order valence-electron chi connectivity index (χ3n) is 4.53. The Morgan fingerprint density at radius 2 is 1.79 bits per heavy atom. The van der Waals surface area contributed by atoms with Crippen molar-refractivity contribution in [3.05, 3.63) is 82.6 Å². The molecule has 1 amide bonds. The van der Waals surface area contributed by atoms with E-state index in [4.69, 9.17) is 11.6 Å². The summed E-state index contributed by atoms with van der Waals surface area (Å²) in [5.41, 5.74) is 5.96. The number of benzene rings is 2. The van der Waals surface area contributed by atoms with Crippen LogP contribution in [0.1, 0.15) is 35.5 Å². The molecule has 1 aromatic heterocycles. The second kappa shape index (κ2) is 9.89. The fourth-order valence-corrected chi connectivity index (χ4v) is 3.06. The molecule has 0 radical (unpaired) electrons. The molecule has 0 aliphatic heterocycles. The second-order valence-corrected chi connectivity index (χ2v) is 6.92. The Hall–Kier alpha value is -3.12. The number of aromatic nitrogens is 2. The van der Waals surface area contributed by atoms with E-state index in [1.54, 1.807) is 23.2 Å². The van der Waals surface area contributed by atoms with Gasteiger partial charge >= 0.3 is 0 Å². The Morgan fingerprint density at radius 1 is 1.10 bits per heavy atom. The number of amides is 1.